The summed E-state index contributed by atoms with van der Waals surface area (Å²) in [6.07, 6.45) is 2.96. The maximum atomic E-state index is 15.5. The zero-order chi connectivity index (χ0) is 24.9. The minimum atomic E-state index is -1.69. The Kier molecular flexibility index (Phi) is 6.01. The second-order valence-corrected chi connectivity index (χ2v) is 9.93. The van der Waals surface area contributed by atoms with Crippen LogP contribution in [0, 0.1) is 0 Å². The molecule has 1 saturated carbocycles. The van der Waals surface area contributed by atoms with Gasteiger partial charge >= 0.3 is 0 Å². The number of carbonyl (C=O) groups is 4. The van der Waals surface area contributed by atoms with Crippen molar-refractivity contribution in [2.24, 2.45) is 0 Å². The quantitative estimate of drug-likeness (QED) is 0.588. The third-order valence-electron chi connectivity index (χ3n) is 6.87. The van der Waals surface area contributed by atoms with Gasteiger partial charge in [-0.05, 0) is 55.5 Å². The smallest absolute Gasteiger partial charge is 0.255 e. The minimum absolute atomic E-state index is 0.128. The standard InChI is InChI=1S/C24H21Cl2FN4O4/c25-14-9-16(26)19(28-10-14)20(24(27)6-1-7-24)30-21(33)12-2-3-15-13(8-12)11-31(23(15)35)17-4-5-18(32)29-22(17)34/h2-3,8-10,17,20H,1,4-7,11H2,(H,30,33)(H,29,32,34)/t17?,20-/m1/s1. The molecule has 2 aliphatic heterocycles. The summed E-state index contributed by atoms with van der Waals surface area (Å²) in [5, 5.41) is 5.45. The summed E-state index contributed by atoms with van der Waals surface area (Å²) in [6.45, 7) is 0.128. The van der Waals surface area contributed by atoms with Gasteiger partial charge < -0.3 is 10.2 Å². The number of aromatic nitrogens is 1. The third kappa shape index (κ3) is 4.27. The van der Waals surface area contributed by atoms with Crippen molar-refractivity contribution < 1.29 is 23.6 Å². The van der Waals surface area contributed by atoms with Crippen molar-refractivity contribution in [1.82, 2.24) is 20.5 Å². The topological polar surface area (TPSA) is 108 Å². The molecule has 182 valence electrons. The SMILES string of the molecule is O=C1CCC(N2Cc3cc(C(=O)N[C@H](c4ncc(Cl)cc4Cl)C4(F)CCC4)ccc3C2=O)C(=O)N1. The molecule has 2 atom stereocenters. The zero-order valence-electron chi connectivity index (χ0n) is 18.4. The van der Waals surface area contributed by atoms with Gasteiger partial charge in [0, 0.05) is 30.3 Å². The molecule has 1 aromatic heterocycles. The zero-order valence-corrected chi connectivity index (χ0v) is 20.0. The van der Waals surface area contributed by atoms with Crippen molar-refractivity contribution in [1.29, 1.82) is 0 Å². The summed E-state index contributed by atoms with van der Waals surface area (Å²) < 4.78 is 15.5. The van der Waals surface area contributed by atoms with E-state index in [1.165, 1.54) is 29.3 Å². The Labute approximate surface area is 210 Å². The molecule has 1 aromatic carbocycles. The van der Waals surface area contributed by atoms with Gasteiger partial charge in [-0.15, -0.1) is 0 Å². The predicted molar refractivity (Wildman–Crippen MR) is 125 cm³/mol. The van der Waals surface area contributed by atoms with Gasteiger partial charge in [0.05, 0.1) is 15.7 Å². The van der Waals surface area contributed by atoms with E-state index in [4.69, 9.17) is 23.2 Å². The van der Waals surface area contributed by atoms with Crippen LogP contribution in [-0.4, -0.2) is 45.2 Å². The summed E-state index contributed by atoms with van der Waals surface area (Å²) in [5.74, 6) is -1.75. The van der Waals surface area contributed by atoms with Gasteiger partial charge in [-0.3, -0.25) is 29.5 Å². The summed E-state index contributed by atoms with van der Waals surface area (Å²) in [6, 6.07) is 4.21. The molecule has 0 bridgehead atoms. The molecule has 3 aliphatic rings. The Hall–Kier alpha value is -3.04. The molecule has 3 heterocycles. The van der Waals surface area contributed by atoms with E-state index in [0.29, 0.717) is 22.6 Å². The largest absolute Gasteiger partial charge is 0.340 e. The van der Waals surface area contributed by atoms with Crippen molar-refractivity contribution in [3.05, 3.63) is 62.9 Å². The predicted octanol–water partition coefficient (Wildman–Crippen LogP) is 3.51. The summed E-state index contributed by atoms with van der Waals surface area (Å²) in [4.78, 5) is 55.3. The number of benzene rings is 1. The van der Waals surface area contributed by atoms with E-state index >= 15 is 4.39 Å². The molecule has 1 unspecified atom stereocenters. The number of carbonyl (C=O) groups excluding carboxylic acids is 4. The van der Waals surface area contributed by atoms with E-state index in [9.17, 15) is 19.2 Å². The number of amides is 4. The number of nitrogens with one attached hydrogen (secondary N) is 2. The van der Waals surface area contributed by atoms with Crippen LogP contribution in [0.1, 0.15) is 70.1 Å². The first-order valence-electron chi connectivity index (χ1n) is 11.2. The number of piperidine rings is 1. The fraction of sp³-hybridized carbons (Fsp3) is 0.375. The van der Waals surface area contributed by atoms with Crippen LogP contribution in [0.4, 0.5) is 4.39 Å². The fourth-order valence-electron chi connectivity index (χ4n) is 4.81. The Bertz CT molecular complexity index is 1270. The first-order chi connectivity index (χ1) is 16.7. The monoisotopic (exact) mass is 518 g/mol. The average Bonchev–Trinajstić information content (AvgIpc) is 3.12. The minimum Gasteiger partial charge on any atom is -0.340 e. The van der Waals surface area contributed by atoms with E-state index in [2.05, 4.69) is 15.6 Å². The van der Waals surface area contributed by atoms with Gasteiger partial charge in [0.15, 0.2) is 0 Å². The number of imide groups is 1. The van der Waals surface area contributed by atoms with Crippen LogP contribution in [0.3, 0.4) is 0 Å². The van der Waals surface area contributed by atoms with E-state index < -0.39 is 29.6 Å². The van der Waals surface area contributed by atoms with E-state index in [0.717, 1.165) is 0 Å². The number of alkyl halides is 1. The molecular weight excluding hydrogens is 498 g/mol. The van der Waals surface area contributed by atoms with Crippen LogP contribution < -0.4 is 10.6 Å². The first kappa shape index (κ1) is 23.7. The van der Waals surface area contributed by atoms with Crippen molar-refractivity contribution in [3.63, 3.8) is 0 Å². The van der Waals surface area contributed by atoms with Crippen molar-refractivity contribution >= 4 is 46.8 Å². The molecule has 5 rings (SSSR count). The molecule has 8 nitrogen and oxygen atoms in total. The highest BCUT2D eigenvalue weighted by Crippen LogP contribution is 2.46. The Morgan fingerprint density at radius 1 is 1.23 bits per heavy atom. The summed E-state index contributed by atoms with van der Waals surface area (Å²) >= 11 is 12.2. The highest BCUT2D eigenvalue weighted by molar-refractivity contribution is 6.34. The number of hydrogen-bond donors (Lipinski definition) is 2. The van der Waals surface area contributed by atoms with Crippen LogP contribution >= 0.6 is 23.2 Å². The normalized spacial score (nSPS) is 21.7. The molecule has 0 spiro atoms. The molecule has 2 fully saturated rings. The summed E-state index contributed by atoms with van der Waals surface area (Å²) in [5.41, 5.74) is -0.293. The van der Waals surface area contributed by atoms with Crippen molar-refractivity contribution in [2.75, 3.05) is 0 Å². The number of hydrogen-bond acceptors (Lipinski definition) is 5. The maximum absolute atomic E-state index is 15.5. The average molecular weight is 519 g/mol. The second-order valence-electron chi connectivity index (χ2n) is 9.09. The maximum Gasteiger partial charge on any atom is 0.255 e. The van der Waals surface area contributed by atoms with Crippen LogP contribution in [-0.2, 0) is 16.1 Å². The van der Waals surface area contributed by atoms with E-state index in [1.54, 1.807) is 6.07 Å². The lowest BCUT2D eigenvalue weighted by molar-refractivity contribution is -0.136. The highest BCUT2D eigenvalue weighted by atomic mass is 35.5. The van der Waals surface area contributed by atoms with E-state index in [1.807, 2.05) is 0 Å². The van der Waals surface area contributed by atoms with Crippen molar-refractivity contribution in [3.8, 4) is 0 Å². The molecule has 11 heteroatoms. The van der Waals surface area contributed by atoms with Gasteiger partial charge in [0.1, 0.15) is 17.8 Å². The number of nitrogens with zero attached hydrogens (tertiary/aromatic N) is 2. The molecule has 0 radical (unpaired) electrons. The molecule has 2 N–H and O–H groups in total. The van der Waals surface area contributed by atoms with Gasteiger partial charge in [0.25, 0.3) is 11.8 Å². The number of rotatable bonds is 5. The third-order valence-corrected chi connectivity index (χ3v) is 7.38. The molecule has 35 heavy (non-hydrogen) atoms. The highest BCUT2D eigenvalue weighted by Gasteiger charge is 2.48. The lowest BCUT2D eigenvalue weighted by Gasteiger charge is -2.40. The number of pyridine rings is 1. The first-order valence-corrected chi connectivity index (χ1v) is 12.0. The van der Waals surface area contributed by atoms with Crippen LogP contribution in [0.2, 0.25) is 10.0 Å². The Morgan fingerprint density at radius 2 is 2.00 bits per heavy atom. The lowest BCUT2D eigenvalue weighted by Crippen LogP contribution is -2.52. The fourth-order valence-corrected chi connectivity index (χ4v) is 5.30. The Balaban J connectivity index is 1.38. The molecule has 1 saturated heterocycles. The number of halogens is 3. The Morgan fingerprint density at radius 3 is 2.66 bits per heavy atom. The number of fused-ring (bicyclic) bond motifs is 1. The van der Waals surface area contributed by atoms with Gasteiger partial charge in [-0.1, -0.05) is 23.2 Å². The van der Waals surface area contributed by atoms with Gasteiger partial charge in [-0.2, -0.15) is 0 Å². The van der Waals surface area contributed by atoms with Gasteiger partial charge in [-0.25, -0.2) is 4.39 Å². The molecule has 2 aromatic rings. The van der Waals surface area contributed by atoms with Crippen LogP contribution in [0.5, 0.6) is 0 Å². The van der Waals surface area contributed by atoms with Crippen LogP contribution in [0.25, 0.3) is 0 Å². The summed E-state index contributed by atoms with van der Waals surface area (Å²) in [7, 11) is 0. The van der Waals surface area contributed by atoms with Crippen LogP contribution in [0.15, 0.2) is 30.5 Å². The second kappa shape index (κ2) is 8.87. The van der Waals surface area contributed by atoms with E-state index in [-0.39, 0.29) is 60.3 Å². The lowest BCUT2D eigenvalue weighted by atomic mass is 9.75. The van der Waals surface area contributed by atoms with Crippen molar-refractivity contribution in [2.45, 2.75) is 56.4 Å². The molecule has 1 aliphatic carbocycles. The van der Waals surface area contributed by atoms with Gasteiger partial charge in [0.2, 0.25) is 11.8 Å². The molecule has 4 amide bonds. The molecular formula is C24H21Cl2FN4O4.